The first-order chi connectivity index (χ1) is 16.8. The number of aliphatic hydroxyl groups is 2. The maximum absolute atomic E-state index is 12.0. The Balaban J connectivity index is 1.63. The lowest BCUT2D eigenvalue weighted by molar-refractivity contribution is -0.147. The number of unbranched alkanes of at least 4 members (excludes halogenated alkanes) is 1. The molecule has 0 atom stereocenters. The number of rotatable bonds is 13. The average molecular weight is 499 g/mol. The maximum Gasteiger partial charge on any atom is 0.306 e. The molecule has 0 amide bonds. The van der Waals surface area contributed by atoms with E-state index in [-0.39, 0.29) is 49.6 Å². The zero-order valence-electron chi connectivity index (χ0n) is 21.2. The Kier molecular flexibility index (Phi) is 10.1. The molecule has 0 aliphatic heterocycles. The van der Waals surface area contributed by atoms with Crippen molar-refractivity contribution in [2.75, 3.05) is 0 Å². The molecule has 2 rings (SSSR count). The van der Waals surface area contributed by atoms with Crippen molar-refractivity contribution in [2.45, 2.75) is 77.8 Å². The molecule has 2 aromatic rings. The molecule has 2 N–H and O–H groups in total. The Morgan fingerprint density at radius 1 is 0.611 bits per heavy atom. The Labute approximate surface area is 211 Å². The van der Waals surface area contributed by atoms with E-state index in [1.54, 1.807) is 48.5 Å². The van der Waals surface area contributed by atoms with E-state index in [0.29, 0.717) is 24.0 Å². The molecule has 0 radical (unpaired) electrons. The van der Waals surface area contributed by atoms with Crippen LogP contribution in [-0.4, -0.2) is 44.9 Å². The number of ether oxygens (including phenoxy) is 2. The second-order valence-electron chi connectivity index (χ2n) is 9.70. The van der Waals surface area contributed by atoms with Crippen molar-refractivity contribution < 1.29 is 38.9 Å². The molecule has 36 heavy (non-hydrogen) atoms. The SMILES string of the molecule is CC(C)(O)C(=O)c1ccc(COC(=O)CCCCC(=O)OCc2ccc(C(=O)C(C)(C)O)cc2)cc1. The molecule has 0 saturated heterocycles. The fourth-order valence-electron chi connectivity index (χ4n) is 3.22. The van der Waals surface area contributed by atoms with Crippen LogP contribution in [0.15, 0.2) is 48.5 Å². The first kappa shape index (κ1) is 28.9. The van der Waals surface area contributed by atoms with Crippen molar-refractivity contribution in [1.82, 2.24) is 0 Å². The first-order valence-corrected chi connectivity index (χ1v) is 11.8. The van der Waals surface area contributed by atoms with Crippen LogP contribution in [0, 0.1) is 0 Å². The van der Waals surface area contributed by atoms with Gasteiger partial charge in [-0.3, -0.25) is 19.2 Å². The summed E-state index contributed by atoms with van der Waals surface area (Å²) in [6, 6.07) is 13.0. The van der Waals surface area contributed by atoms with Crippen LogP contribution in [0.4, 0.5) is 0 Å². The number of Topliss-reactive ketones (excluding diaryl/α,β-unsaturated/α-hetero) is 2. The van der Waals surface area contributed by atoms with Crippen molar-refractivity contribution in [2.24, 2.45) is 0 Å². The largest absolute Gasteiger partial charge is 0.461 e. The van der Waals surface area contributed by atoms with Crippen molar-refractivity contribution in [3.63, 3.8) is 0 Å². The summed E-state index contributed by atoms with van der Waals surface area (Å²) in [4.78, 5) is 48.0. The molecule has 8 heteroatoms. The molecule has 0 bridgehead atoms. The third kappa shape index (κ3) is 9.36. The summed E-state index contributed by atoms with van der Waals surface area (Å²) in [6.45, 7) is 5.83. The topological polar surface area (TPSA) is 127 Å². The zero-order chi connectivity index (χ0) is 26.9. The third-order valence-electron chi connectivity index (χ3n) is 5.36. The number of hydrogen-bond donors (Lipinski definition) is 2. The van der Waals surface area contributed by atoms with E-state index in [0.717, 1.165) is 11.1 Å². The van der Waals surface area contributed by atoms with Gasteiger partial charge in [-0.25, -0.2) is 0 Å². The third-order valence-corrected chi connectivity index (χ3v) is 5.36. The zero-order valence-corrected chi connectivity index (χ0v) is 21.2. The molecule has 194 valence electrons. The smallest absolute Gasteiger partial charge is 0.306 e. The molecule has 0 heterocycles. The number of hydrogen-bond acceptors (Lipinski definition) is 8. The highest BCUT2D eigenvalue weighted by Crippen LogP contribution is 2.16. The fourth-order valence-corrected chi connectivity index (χ4v) is 3.22. The molecule has 0 aromatic heterocycles. The van der Waals surface area contributed by atoms with Gasteiger partial charge in [0.15, 0.2) is 11.6 Å². The van der Waals surface area contributed by atoms with Gasteiger partial charge in [-0.1, -0.05) is 48.5 Å². The number of esters is 2. The molecular formula is C28H34O8. The number of benzene rings is 2. The minimum absolute atomic E-state index is 0.0675. The summed E-state index contributed by atoms with van der Waals surface area (Å²) in [7, 11) is 0. The Morgan fingerprint density at radius 3 is 1.19 bits per heavy atom. The average Bonchev–Trinajstić information content (AvgIpc) is 2.82. The summed E-state index contributed by atoms with van der Waals surface area (Å²) in [5.74, 6) is -1.55. The molecule has 8 nitrogen and oxygen atoms in total. The summed E-state index contributed by atoms with van der Waals surface area (Å²) >= 11 is 0. The molecular weight excluding hydrogens is 464 g/mol. The van der Waals surface area contributed by atoms with Crippen LogP contribution in [0.5, 0.6) is 0 Å². The molecule has 0 unspecified atom stereocenters. The second kappa shape index (κ2) is 12.6. The van der Waals surface area contributed by atoms with Gasteiger partial charge < -0.3 is 19.7 Å². The minimum atomic E-state index is -1.45. The molecule has 0 fully saturated rings. The fraction of sp³-hybridized carbons (Fsp3) is 0.429. The monoisotopic (exact) mass is 498 g/mol. The highest BCUT2D eigenvalue weighted by Gasteiger charge is 2.25. The van der Waals surface area contributed by atoms with E-state index in [1.807, 2.05) is 0 Å². The maximum atomic E-state index is 12.0. The first-order valence-electron chi connectivity index (χ1n) is 11.8. The van der Waals surface area contributed by atoms with Crippen LogP contribution in [0.1, 0.15) is 85.2 Å². The van der Waals surface area contributed by atoms with Gasteiger partial charge >= 0.3 is 11.9 Å². The van der Waals surface area contributed by atoms with Crippen LogP contribution < -0.4 is 0 Å². The number of carbonyl (C=O) groups is 4. The van der Waals surface area contributed by atoms with Crippen LogP contribution in [0.3, 0.4) is 0 Å². The van der Waals surface area contributed by atoms with Gasteiger partial charge in [-0.05, 0) is 51.7 Å². The predicted octanol–water partition coefficient (Wildman–Crippen LogP) is 3.94. The molecule has 0 aliphatic carbocycles. The quantitative estimate of drug-likeness (QED) is 0.242. The van der Waals surface area contributed by atoms with Crippen molar-refractivity contribution in [1.29, 1.82) is 0 Å². The van der Waals surface area contributed by atoms with Gasteiger partial charge in [0, 0.05) is 24.0 Å². The van der Waals surface area contributed by atoms with E-state index in [2.05, 4.69) is 0 Å². The van der Waals surface area contributed by atoms with Gasteiger partial charge in [0.2, 0.25) is 0 Å². The van der Waals surface area contributed by atoms with Gasteiger partial charge in [0.1, 0.15) is 24.4 Å². The van der Waals surface area contributed by atoms with Crippen LogP contribution in [0.25, 0.3) is 0 Å². The summed E-state index contributed by atoms with van der Waals surface area (Å²) < 4.78 is 10.5. The van der Waals surface area contributed by atoms with E-state index in [4.69, 9.17) is 9.47 Å². The van der Waals surface area contributed by atoms with Crippen LogP contribution in [0.2, 0.25) is 0 Å². The van der Waals surface area contributed by atoms with E-state index in [1.165, 1.54) is 27.7 Å². The normalized spacial score (nSPS) is 11.6. The number of ketones is 2. The van der Waals surface area contributed by atoms with Gasteiger partial charge in [0.25, 0.3) is 0 Å². The van der Waals surface area contributed by atoms with Crippen LogP contribution >= 0.6 is 0 Å². The molecule has 0 spiro atoms. The number of carbonyl (C=O) groups excluding carboxylic acids is 4. The Morgan fingerprint density at radius 2 is 0.917 bits per heavy atom. The predicted molar refractivity (Wildman–Crippen MR) is 132 cm³/mol. The van der Waals surface area contributed by atoms with E-state index < -0.39 is 11.2 Å². The summed E-state index contributed by atoms with van der Waals surface area (Å²) in [5.41, 5.74) is -0.712. The van der Waals surface area contributed by atoms with E-state index >= 15 is 0 Å². The lowest BCUT2D eigenvalue weighted by Gasteiger charge is -2.15. The van der Waals surface area contributed by atoms with Gasteiger partial charge in [-0.15, -0.1) is 0 Å². The Bertz CT molecular complexity index is 967. The molecule has 2 aromatic carbocycles. The van der Waals surface area contributed by atoms with Gasteiger partial charge in [-0.2, -0.15) is 0 Å². The molecule has 0 aliphatic rings. The van der Waals surface area contributed by atoms with Gasteiger partial charge in [0.05, 0.1) is 0 Å². The minimum Gasteiger partial charge on any atom is -0.461 e. The summed E-state index contributed by atoms with van der Waals surface area (Å²) in [6.07, 6.45) is 1.28. The van der Waals surface area contributed by atoms with Crippen LogP contribution in [-0.2, 0) is 32.3 Å². The van der Waals surface area contributed by atoms with E-state index in [9.17, 15) is 29.4 Å². The van der Waals surface area contributed by atoms with Crippen molar-refractivity contribution >= 4 is 23.5 Å². The molecule has 0 saturated carbocycles. The standard InChI is InChI=1S/C28H34O8/c1-27(2,33)25(31)21-13-9-19(10-14-21)17-35-23(29)7-5-6-8-24(30)36-18-20-11-15-22(16-12-20)26(32)28(3,4)34/h9-16,33-34H,5-8,17-18H2,1-4H3. The Hall–Kier alpha value is -3.36. The highest BCUT2D eigenvalue weighted by atomic mass is 16.5. The summed E-state index contributed by atoms with van der Waals surface area (Å²) in [5, 5.41) is 19.6. The highest BCUT2D eigenvalue weighted by molar-refractivity contribution is 6.02. The second-order valence-corrected chi connectivity index (χ2v) is 9.70. The lowest BCUT2D eigenvalue weighted by atomic mass is 9.96. The van der Waals surface area contributed by atoms with Crippen molar-refractivity contribution in [3.05, 3.63) is 70.8 Å². The lowest BCUT2D eigenvalue weighted by Crippen LogP contribution is -2.31. The van der Waals surface area contributed by atoms with Crippen molar-refractivity contribution in [3.8, 4) is 0 Å².